The van der Waals surface area contributed by atoms with Crippen LogP contribution in [0.1, 0.15) is 10.4 Å². The zero-order valence-electron chi connectivity index (χ0n) is 14.1. The van der Waals surface area contributed by atoms with Crippen LogP contribution in [-0.2, 0) is 4.79 Å². The molecule has 3 rings (SSSR count). The van der Waals surface area contributed by atoms with Gasteiger partial charge in [0, 0.05) is 23.1 Å². The number of para-hydroxylation sites is 2. The van der Waals surface area contributed by atoms with E-state index < -0.39 is 5.91 Å². The number of Topliss-reactive ketones (excluding diaryl/α,β-unsaturated/α-hetero) is 1. The van der Waals surface area contributed by atoms with E-state index in [0.29, 0.717) is 11.3 Å². The van der Waals surface area contributed by atoms with Gasteiger partial charge in [-0.25, -0.2) is 0 Å². The van der Waals surface area contributed by atoms with Crippen LogP contribution >= 0.6 is 0 Å². The van der Waals surface area contributed by atoms with E-state index in [1.807, 2.05) is 54.6 Å². The van der Waals surface area contributed by atoms with Gasteiger partial charge in [0.15, 0.2) is 5.78 Å². The van der Waals surface area contributed by atoms with Gasteiger partial charge >= 0.3 is 0 Å². The van der Waals surface area contributed by atoms with Gasteiger partial charge in [-0.15, -0.1) is 0 Å². The van der Waals surface area contributed by atoms with Gasteiger partial charge in [0.1, 0.15) is 5.57 Å². The van der Waals surface area contributed by atoms with Crippen molar-refractivity contribution in [1.29, 1.82) is 0 Å². The second kappa shape index (κ2) is 8.44. The Morgan fingerprint density at radius 1 is 0.654 bits per heavy atom. The molecule has 0 saturated heterocycles. The van der Waals surface area contributed by atoms with Crippen molar-refractivity contribution < 1.29 is 9.59 Å². The molecular weight excluding hydrogens is 324 g/mol. The number of hydrogen-bond acceptors (Lipinski definition) is 3. The molecule has 0 saturated carbocycles. The molecule has 0 aliphatic heterocycles. The standard InChI is InChI=1S/C22H18N2O2/c25-21(17-10-4-1-5-11-17)20(16-23-18-12-6-2-7-13-18)22(26)24-19-14-8-3-9-15-19/h1-16,23H,(H,24,26)/b20-16-. The normalized spacial score (nSPS) is 10.8. The van der Waals surface area contributed by atoms with E-state index in [1.54, 1.807) is 36.4 Å². The fraction of sp³-hybridized carbons (Fsp3) is 0. The van der Waals surface area contributed by atoms with E-state index >= 15 is 0 Å². The second-order valence-electron chi connectivity index (χ2n) is 5.58. The molecule has 4 heteroatoms. The Labute approximate surface area is 152 Å². The minimum Gasteiger partial charge on any atom is -0.361 e. The van der Waals surface area contributed by atoms with Crippen LogP contribution in [0, 0.1) is 0 Å². The molecule has 26 heavy (non-hydrogen) atoms. The van der Waals surface area contributed by atoms with Gasteiger partial charge < -0.3 is 10.6 Å². The summed E-state index contributed by atoms with van der Waals surface area (Å²) in [6.07, 6.45) is 1.45. The number of nitrogens with one attached hydrogen (secondary N) is 2. The van der Waals surface area contributed by atoms with E-state index in [1.165, 1.54) is 6.20 Å². The molecule has 0 radical (unpaired) electrons. The van der Waals surface area contributed by atoms with E-state index in [0.717, 1.165) is 5.69 Å². The topological polar surface area (TPSA) is 58.2 Å². The van der Waals surface area contributed by atoms with Crippen molar-refractivity contribution in [2.24, 2.45) is 0 Å². The van der Waals surface area contributed by atoms with Crippen LogP contribution in [0.2, 0.25) is 0 Å². The molecule has 0 atom stereocenters. The Bertz CT molecular complexity index is 905. The van der Waals surface area contributed by atoms with E-state index in [9.17, 15) is 9.59 Å². The molecule has 0 fully saturated rings. The molecule has 0 spiro atoms. The van der Waals surface area contributed by atoms with Crippen molar-refractivity contribution in [1.82, 2.24) is 0 Å². The summed E-state index contributed by atoms with van der Waals surface area (Å²) in [5.41, 5.74) is 1.91. The Hall–Kier alpha value is -3.66. The molecule has 3 aromatic carbocycles. The molecule has 1 amide bonds. The number of carbonyl (C=O) groups is 2. The third-order valence-electron chi connectivity index (χ3n) is 3.71. The molecule has 0 bridgehead atoms. The molecule has 4 nitrogen and oxygen atoms in total. The number of anilines is 2. The van der Waals surface area contributed by atoms with Gasteiger partial charge in [-0.05, 0) is 24.3 Å². The molecule has 128 valence electrons. The molecule has 3 aromatic rings. The summed E-state index contributed by atoms with van der Waals surface area (Å²) in [4.78, 5) is 25.5. The Morgan fingerprint density at radius 3 is 1.73 bits per heavy atom. The summed E-state index contributed by atoms with van der Waals surface area (Å²) in [6, 6.07) is 27.1. The molecule has 0 aromatic heterocycles. The lowest BCUT2D eigenvalue weighted by Gasteiger charge is -2.10. The van der Waals surface area contributed by atoms with Crippen molar-refractivity contribution in [3.8, 4) is 0 Å². The van der Waals surface area contributed by atoms with Crippen LogP contribution in [0.4, 0.5) is 11.4 Å². The van der Waals surface area contributed by atoms with Gasteiger partial charge in [-0.3, -0.25) is 9.59 Å². The zero-order chi connectivity index (χ0) is 18.2. The third kappa shape index (κ3) is 4.45. The van der Waals surface area contributed by atoms with E-state index in [-0.39, 0.29) is 11.4 Å². The fourth-order valence-electron chi connectivity index (χ4n) is 2.39. The van der Waals surface area contributed by atoms with E-state index in [4.69, 9.17) is 0 Å². The summed E-state index contributed by atoms with van der Waals surface area (Å²) < 4.78 is 0. The number of rotatable bonds is 6. The van der Waals surface area contributed by atoms with Crippen molar-refractivity contribution in [3.05, 3.63) is 108 Å². The molecular formula is C22H18N2O2. The minimum absolute atomic E-state index is 0.0314. The third-order valence-corrected chi connectivity index (χ3v) is 3.71. The highest BCUT2D eigenvalue weighted by atomic mass is 16.2. The van der Waals surface area contributed by atoms with E-state index in [2.05, 4.69) is 10.6 Å². The lowest BCUT2D eigenvalue weighted by molar-refractivity contribution is -0.112. The maximum absolute atomic E-state index is 12.8. The number of benzene rings is 3. The molecule has 2 N–H and O–H groups in total. The highest BCUT2D eigenvalue weighted by Gasteiger charge is 2.20. The minimum atomic E-state index is -0.464. The zero-order valence-corrected chi connectivity index (χ0v) is 14.1. The first-order valence-electron chi connectivity index (χ1n) is 8.22. The maximum Gasteiger partial charge on any atom is 0.261 e. The summed E-state index contributed by atoms with van der Waals surface area (Å²) in [5, 5.41) is 5.78. The Morgan fingerprint density at radius 2 is 1.15 bits per heavy atom. The van der Waals surface area contributed by atoms with Gasteiger partial charge in [0.2, 0.25) is 0 Å². The number of carbonyl (C=O) groups excluding carboxylic acids is 2. The highest BCUT2D eigenvalue weighted by Crippen LogP contribution is 2.14. The highest BCUT2D eigenvalue weighted by molar-refractivity contribution is 6.28. The summed E-state index contributed by atoms with van der Waals surface area (Å²) >= 11 is 0. The predicted octanol–water partition coefficient (Wildman–Crippen LogP) is 4.50. The average molecular weight is 342 g/mol. The van der Waals surface area contributed by atoms with Gasteiger partial charge in [-0.2, -0.15) is 0 Å². The smallest absolute Gasteiger partial charge is 0.261 e. The molecule has 0 aliphatic rings. The lowest BCUT2D eigenvalue weighted by atomic mass is 10.0. The number of amides is 1. The van der Waals surface area contributed by atoms with Gasteiger partial charge in [-0.1, -0.05) is 66.7 Å². The summed E-state index contributed by atoms with van der Waals surface area (Å²) in [7, 11) is 0. The first-order chi connectivity index (χ1) is 12.7. The molecule has 0 unspecified atom stereocenters. The second-order valence-corrected chi connectivity index (χ2v) is 5.58. The SMILES string of the molecule is O=C(Nc1ccccc1)/C(=C\Nc1ccccc1)C(=O)c1ccccc1. The maximum atomic E-state index is 12.8. The van der Waals surface area contributed by atoms with Crippen molar-refractivity contribution in [2.75, 3.05) is 10.6 Å². The Kier molecular flexibility index (Phi) is 5.58. The number of hydrogen-bond donors (Lipinski definition) is 2. The van der Waals surface area contributed by atoms with Crippen molar-refractivity contribution in [3.63, 3.8) is 0 Å². The van der Waals surface area contributed by atoms with Crippen LogP contribution in [-0.4, -0.2) is 11.7 Å². The van der Waals surface area contributed by atoms with Crippen LogP contribution in [0.25, 0.3) is 0 Å². The van der Waals surface area contributed by atoms with Crippen LogP contribution in [0.5, 0.6) is 0 Å². The first kappa shape index (κ1) is 17.2. The lowest BCUT2D eigenvalue weighted by Crippen LogP contribution is -2.21. The number of ketones is 1. The van der Waals surface area contributed by atoms with Gasteiger partial charge in [0.05, 0.1) is 0 Å². The van der Waals surface area contributed by atoms with Crippen LogP contribution in [0.3, 0.4) is 0 Å². The first-order valence-corrected chi connectivity index (χ1v) is 8.22. The van der Waals surface area contributed by atoms with Crippen LogP contribution < -0.4 is 10.6 Å². The molecule has 0 aliphatic carbocycles. The van der Waals surface area contributed by atoms with Crippen molar-refractivity contribution >= 4 is 23.1 Å². The Balaban J connectivity index is 1.87. The summed E-state index contributed by atoms with van der Waals surface area (Å²) in [5.74, 6) is -0.809. The fourth-order valence-corrected chi connectivity index (χ4v) is 2.39. The van der Waals surface area contributed by atoms with Crippen LogP contribution in [0.15, 0.2) is 103 Å². The summed E-state index contributed by atoms with van der Waals surface area (Å²) in [6.45, 7) is 0. The average Bonchev–Trinajstić information content (AvgIpc) is 2.70. The largest absolute Gasteiger partial charge is 0.361 e. The quantitative estimate of drug-likeness (QED) is 0.300. The monoisotopic (exact) mass is 342 g/mol. The van der Waals surface area contributed by atoms with Crippen molar-refractivity contribution in [2.45, 2.75) is 0 Å². The molecule has 0 heterocycles. The van der Waals surface area contributed by atoms with Gasteiger partial charge in [0.25, 0.3) is 5.91 Å². The predicted molar refractivity (Wildman–Crippen MR) is 104 cm³/mol.